The molecule has 0 radical (unpaired) electrons. The zero-order chi connectivity index (χ0) is 22.8. The van der Waals surface area contributed by atoms with Gasteiger partial charge in [0.15, 0.2) is 5.65 Å². The van der Waals surface area contributed by atoms with Gasteiger partial charge in [-0.25, -0.2) is 9.97 Å². The summed E-state index contributed by atoms with van der Waals surface area (Å²) < 4.78 is 2.18. The molecule has 1 saturated heterocycles. The average Bonchev–Trinajstić information content (AvgIpc) is 3.15. The molecule has 3 heterocycles. The Labute approximate surface area is 207 Å². The number of aromatic nitrogens is 4. The second-order valence-electron chi connectivity index (χ2n) is 8.27. The number of fused-ring (bicyclic) bond motifs is 1. The number of anilines is 1. The summed E-state index contributed by atoms with van der Waals surface area (Å²) in [6.07, 6.45) is 4.09. The Bertz CT molecular complexity index is 1260. The lowest BCUT2D eigenvalue weighted by atomic mass is 9.99. The molecule has 2 N–H and O–H groups in total. The number of nitrogens with zero attached hydrogens (tertiary/aromatic N) is 4. The Morgan fingerprint density at radius 2 is 1.88 bits per heavy atom. The van der Waals surface area contributed by atoms with Gasteiger partial charge in [-0.3, -0.25) is 0 Å². The van der Waals surface area contributed by atoms with Gasteiger partial charge in [-0.2, -0.15) is 4.98 Å². The summed E-state index contributed by atoms with van der Waals surface area (Å²) in [6, 6.07) is 13.2. The molecule has 4 aromatic rings. The largest absolute Gasteiger partial charge is 0.350 e. The summed E-state index contributed by atoms with van der Waals surface area (Å²) in [4.78, 5) is 14.2. The number of hydrogen-bond acceptors (Lipinski definition) is 5. The fourth-order valence-corrected chi connectivity index (χ4v) is 5.05. The maximum atomic E-state index is 6.54. The highest BCUT2D eigenvalue weighted by Gasteiger charge is 2.21. The first-order chi connectivity index (χ1) is 16.1. The highest BCUT2D eigenvalue weighted by Crippen LogP contribution is 2.31. The van der Waals surface area contributed by atoms with Crippen LogP contribution in [0.2, 0.25) is 15.1 Å². The second kappa shape index (κ2) is 9.85. The highest BCUT2D eigenvalue weighted by molar-refractivity contribution is 6.34. The number of halogens is 3. The molecule has 2 aromatic carbocycles. The molecule has 0 aliphatic carbocycles. The van der Waals surface area contributed by atoms with E-state index in [-0.39, 0.29) is 0 Å². The molecule has 6 nitrogen and oxygen atoms in total. The molecule has 1 aliphatic rings. The SMILES string of the molecule is Clc1cc(Cl)cc(CNc2ncc3nc(-c4ccccc4Cl)n(C[C@@H]4CCCNC4)c3n2)c1. The molecule has 1 fully saturated rings. The summed E-state index contributed by atoms with van der Waals surface area (Å²) in [7, 11) is 0. The Balaban J connectivity index is 1.50. The van der Waals surface area contributed by atoms with Crippen molar-refractivity contribution in [3.8, 4) is 11.4 Å². The van der Waals surface area contributed by atoms with Crippen molar-refractivity contribution in [3.63, 3.8) is 0 Å². The molecule has 1 aliphatic heterocycles. The topological polar surface area (TPSA) is 67.7 Å². The lowest BCUT2D eigenvalue weighted by Crippen LogP contribution is -2.32. The average molecular weight is 502 g/mol. The van der Waals surface area contributed by atoms with E-state index in [1.54, 1.807) is 12.3 Å². The third kappa shape index (κ3) is 5.09. The molecule has 0 spiro atoms. The van der Waals surface area contributed by atoms with E-state index < -0.39 is 0 Å². The van der Waals surface area contributed by atoms with Crippen LogP contribution in [0.5, 0.6) is 0 Å². The van der Waals surface area contributed by atoms with Crippen LogP contribution in [0, 0.1) is 5.92 Å². The van der Waals surface area contributed by atoms with E-state index in [1.165, 1.54) is 12.8 Å². The van der Waals surface area contributed by atoms with Crippen LogP contribution in [0.4, 0.5) is 5.95 Å². The summed E-state index contributed by atoms with van der Waals surface area (Å²) in [5, 5.41) is 8.64. The molecule has 33 heavy (non-hydrogen) atoms. The van der Waals surface area contributed by atoms with Gasteiger partial charge in [0.05, 0.1) is 11.2 Å². The molecule has 2 aromatic heterocycles. The first-order valence-corrected chi connectivity index (χ1v) is 12.1. The standard InChI is InChI=1S/C24H23Cl3N6/c25-17-8-16(9-18(26)10-17)12-29-24-30-13-21-23(32-24)33(14-15-4-3-7-28-11-15)22(31-21)19-5-1-2-6-20(19)27/h1-2,5-6,8-10,13,15,28H,3-4,7,11-12,14H2,(H,29,30,32)/t15-/m1/s1. The van der Waals surface area contributed by atoms with Crippen molar-refractivity contribution in [2.45, 2.75) is 25.9 Å². The van der Waals surface area contributed by atoms with Crippen molar-refractivity contribution in [1.29, 1.82) is 0 Å². The Hall–Kier alpha value is -2.38. The third-order valence-corrected chi connectivity index (χ3v) is 6.58. The molecule has 9 heteroatoms. The monoisotopic (exact) mass is 500 g/mol. The van der Waals surface area contributed by atoms with Gasteiger partial charge >= 0.3 is 0 Å². The van der Waals surface area contributed by atoms with Gasteiger partial charge in [0.25, 0.3) is 0 Å². The zero-order valence-electron chi connectivity index (χ0n) is 17.9. The van der Waals surface area contributed by atoms with E-state index in [0.29, 0.717) is 33.5 Å². The maximum absolute atomic E-state index is 6.54. The summed E-state index contributed by atoms with van der Waals surface area (Å²) in [6.45, 7) is 3.36. The fourth-order valence-electron chi connectivity index (χ4n) is 4.26. The molecule has 170 valence electrons. The Morgan fingerprint density at radius 3 is 2.64 bits per heavy atom. The predicted octanol–water partition coefficient (Wildman–Crippen LogP) is 6.07. The van der Waals surface area contributed by atoms with E-state index in [1.807, 2.05) is 36.4 Å². The maximum Gasteiger partial charge on any atom is 0.225 e. The molecular weight excluding hydrogens is 479 g/mol. The van der Waals surface area contributed by atoms with Crippen LogP contribution in [-0.4, -0.2) is 32.6 Å². The lowest BCUT2D eigenvalue weighted by molar-refractivity contribution is 0.341. The van der Waals surface area contributed by atoms with Crippen molar-refractivity contribution < 1.29 is 0 Å². The second-order valence-corrected chi connectivity index (χ2v) is 9.55. The van der Waals surface area contributed by atoms with Crippen LogP contribution in [0.3, 0.4) is 0 Å². The highest BCUT2D eigenvalue weighted by atomic mass is 35.5. The Morgan fingerprint density at radius 1 is 1.06 bits per heavy atom. The van der Waals surface area contributed by atoms with Gasteiger partial charge in [0.1, 0.15) is 11.3 Å². The van der Waals surface area contributed by atoms with E-state index in [9.17, 15) is 0 Å². The number of nitrogens with one attached hydrogen (secondary N) is 2. The van der Waals surface area contributed by atoms with E-state index in [4.69, 9.17) is 44.8 Å². The molecular formula is C24H23Cl3N6. The first kappa shape index (κ1) is 22.4. The zero-order valence-corrected chi connectivity index (χ0v) is 20.1. The number of hydrogen-bond donors (Lipinski definition) is 2. The fraction of sp³-hybridized carbons (Fsp3) is 0.292. The van der Waals surface area contributed by atoms with Crippen molar-refractivity contribution in [3.05, 3.63) is 69.3 Å². The van der Waals surface area contributed by atoms with Crippen molar-refractivity contribution in [2.24, 2.45) is 5.92 Å². The molecule has 0 unspecified atom stereocenters. The molecule has 0 saturated carbocycles. The van der Waals surface area contributed by atoms with Crippen molar-refractivity contribution in [2.75, 3.05) is 18.4 Å². The van der Waals surface area contributed by atoms with Crippen LogP contribution in [0.1, 0.15) is 18.4 Å². The summed E-state index contributed by atoms with van der Waals surface area (Å²) >= 11 is 18.8. The minimum atomic E-state index is 0.498. The summed E-state index contributed by atoms with van der Waals surface area (Å²) in [5.74, 6) is 1.83. The van der Waals surface area contributed by atoms with Gasteiger partial charge in [-0.1, -0.05) is 46.9 Å². The lowest BCUT2D eigenvalue weighted by Gasteiger charge is -2.24. The van der Waals surface area contributed by atoms with Crippen LogP contribution >= 0.6 is 34.8 Å². The molecule has 0 amide bonds. The van der Waals surface area contributed by atoms with E-state index in [0.717, 1.165) is 47.7 Å². The quantitative estimate of drug-likeness (QED) is 0.336. The number of rotatable bonds is 6. The van der Waals surface area contributed by atoms with Crippen LogP contribution in [0.25, 0.3) is 22.6 Å². The van der Waals surface area contributed by atoms with Crippen molar-refractivity contribution in [1.82, 2.24) is 24.8 Å². The normalized spacial score (nSPS) is 16.3. The van der Waals surface area contributed by atoms with Crippen LogP contribution < -0.4 is 10.6 Å². The minimum Gasteiger partial charge on any atom is -0.350 e. The molecule has 5 rings (SSSR count). The van der Waals surface area contributed by atoms with Gasteiger partial charge in [0.2, 0.25) is 5.95 Å². The van der Waals surface area contributed by atoms with E-state index >= 15 is 0 Å². The van der Waals surface area contributed by atoms with Crippen LogP contribution in [0.15, 0.2) is 48.7 Å². The minimum absolute atomic E-state index is 0.498. The van der Waals surface area contributed by atoms with Gasteiger partial charge in [0, 0.05) is 28.7 Å². The molecule has 1 atom stereocenters. The van der Waals surface area contributed by atoms with Gasteiger partial charge < -0.3 is 15.2 Å². The van der Waals surface area contributed by atoms with Crippen molar-refractivity contribution >= 4 is 51.9 Å². The predicted molar refractivity (Wildman–Crippen MR) is 135 cm³/mol. The van der Waals surface area contributed by atoms with Crippen LogP contribution in [-0.2, 0) is 13.1 Å². The summed E-state index contributed by atoms with van der Waals surface area (Å²) in [5.41, 5.74) is 3.38. The van der Waals surface area contributed by atoms with E-state index in [2.05, 4.69) is 20.2 Å². The Kier molecular flexibility index (Phi) is 6.69. The van der Waals surface area contributed by atoms with Gasteiger partial charge in [-0.05, 0) is 67.7 Å². The first-order valence-electron chi connectivity index (χ1n) is 10.9. The smallest absolute Gasteiger partial charge is 0.225 e. The number of imidazole rings is 1. The number of benzene rings is 2. The molecule has 0 bridgehead atoms. The number of piperidine rings is 1. The van der Waals surface area contributed by atoms with Gasteiger partial charge in [-0.15, -0.1) is 0 Å². The third-order valence-electron chi connectivity index (χ3n) is 5.82.